The Balaban J connectivity index is 1.60. The molecule has 4 rings (SSSR count). The van der Waals surface area contributed by atoms with E-state index in [2.05, 4.69) is 17.4 Å². The van der Waals surface area contributed by atoms with Gasteiger partial charge in [0.15, 0.2) is 5.16 Å². The molecular weight excluding hydrogens is 394 g/mol. The largest absolute Gasteiger partial charge is 0.324 e. The van der Waals surface area contributed by atoms with Crippen molar-refractivity contribution in [3.63, 3.8) is 0 Å². The molecule has 1 N–H and O–H groups in total. The first-order valence-corrected chi connectivity index (χ1v) is 11.2. The lowest BCUT2D eigenvalue weighted by Gasteiger charge is -2.15. The number of rotatable bonds is 6. The van der Waals surface area contributed by atoms with Crippen LogP contribution in [-0.2, 0) is 29.9 Å². The van der Waals surface area contributed by atoms with Gasteiger partial charge in [-0.3, -0.25) is 14.2 Å². The van der Waals surface area contributed by atoms with Crippen molar-refractivity contribution in [2.45, 2.75) is 50.6 Å². The number of nitrogens with one attached hydrogen (secondary N) is 1. The standard InChI is InChI=1S/C24H25N3O2S/c1-16-11-12-17(2)21(13-16)25-22(28)14-27-23(29)19-9-6-10-20(19)26-24(27)30-15-18-7-4-3-5-8-18/h3-5,7-8,11-13H,6,9-10,14-15H2,1-2H3,(H,25,28). The minimum atomic E-state index is -0.216. The molecule has 1 aliphatic rings. The molecule has 5 nitrogen and oxygen atoms in total. The zero-order valence-corrected chi connectivity index (χ0v) is 18.1. The summed E-state index contributed by atoms with van der Waals surface area (Å²) < 4.78 is 1.54. The van der Waals surface area contributed by atoms with E-state index in [1.807, 2.05) is 50.2 Å². The Labute approximate surface area is 180 Å². The van der Waals surface area contributed by atoms with Gasteiger partial charge in [-0.15, -0.1) is 0 Å². The first-order valence-electron chi connectivity index (χ1n) is 10.2. The monoisotopic (exact) mass is 419 g/mol. The summed E-state index contributed by atoms with van der Waals surface area (Å²) in [5, 5.41) is 3.57. The average molecular weight is 420 g/mol. The van der Waals surface area contributed by atoms with Gasteiger partial charge in [0.1, 0.15) is 6.54 Å². The number of aryl methyl sites for hydroxylation is 3. The van der Waals surface area contributed by atoms with Gasteiger partial charge < -0.3 is 5.32 Å². The van der Waals surface area contributed by atoms with Gasteiger partial charge in [0, 0.05) is 17.0 Å². The third kappa shape index (κ3) is 4.49. The fourth-order valence-electron chi connectivity index (χ4n) is 3.68. The Morgan fingerprint density at radius 3 is 2.73 bits per heavy atom. The van der Waals surface area contributed by atoms with E-state index >= 15 is 0 Å². The first kappa shape index (κ1) is 20.4. The molecule has 0 saturated heterocycles. The van der Waals surface area contributed by atoms with E-state index in [0.717, 1.165) is 52.9 Å². The second-order valence-corrected chi connectivity index (χ2v) is 8.65. The highest BCUT2D eigenvalue weighted by Crippen LogP contribution is 2.24. The Morgan fingerprint density at radius 2 is 1.93 bits per heavy atom. The second kappa shape index (κ2) is 8.88. The van der Waals surface area contributed by atoms with Gasteiger partial charge in [-0.2, -0.15) is 0 Å². The number of carbonyl (C=O) groups is 1. The topological polar surface area (TPSA) is 64.0 Å². The number of hydrogen-bond donors (Lipinski definition) is 1. The molecule has 0 unspecified atom stereocenters. The average Bonchev–Trinajstić information content (AvgIpc) is 3.21. The maximum Gasteiger partial charge on any atom is 0.258 e. The Bertz CT molecular complexity index is 1140. The lowest BCUT2D eigenvalue weighted by Crippen LogP contribution is -2.32. The number of fused-ring (bicyclic) bond motifs is 1. The molecule has 1 amide bonds. The van der Waals surface area contributed by atoms with Crippen LogP contribution in [0.25, 0.3) is 0 Å². The Morgan fingerprint density at radius 1 is 1.13 bits per heavy atom. The molecule has 1 heterocycles. The van der Waals surface area contributed by atoms with Crippen LogP contribution in [0, 0.1) is 13.8 Å². The van der Waals surface area contributed by atoms with Crippen LogP contribution in [-0.4, -0.2) is 15.5 Å². The van der Waals surface area contributed by atoms with Crippen LogP contribution in [0.4, 0.5) is 5.69 Å². The van der Waals surface area contributed by atoms with E-state index in [-0.39, 0.29) is 18.0 Å². The summed E-state index contributed by atoms with van der Waals surface area (Å²) >= 11 is 1.51. The van der Waals surface area contributed by atoms with Crippen LogP contribution in [0.1, 0.15) is 34.4 Å². The van der Waals surface area contributed by atoms with Crippen molar-refractivity contribution < 1.29 is 4.79 Å². The predicted octanol–water partition coefficient (Wildman–Crippen LogP) is 4.28. The van der Waals surface area contributed by atoms with Gasteiger partial charge in [0.05, 0.1) is 5.69 Å². The number of amides is 1. The fraction of sp³-hybridized carbons (Fsp3) is 0.292. The minimum absolute atomic E-state index is 0.0381. The molecular formula is C24H25N3O2S. The molecule has 3 aromatic rings. The minimum Gasteiger partial charge on any atom is -0.324 e. The SMILES string of the molecule is Cc1ccc(C)c(NC(=O)Cn2c(SCc3ccccc3)nc3c(c2=O)CCC3)c1. The molecule has 0 aliphatic heterocycles. The third-order valence-electron chi connectivity index (χ3n) is 5.33. The van der Waals surface area contributed by atoms with Crippen LogP contribution in [0.15, 0.2) is 58.5 Å². The number of thioether (sulfide) groups is 1. The molecule has 1 aliphatic carbocycles. The van der Waals surface area contributed by atoms with Crippen LogP contribution in [0.3, 0.4) is 0 Å². The zero-order valence-electron chi connectivity index (χ0n) is 17.3. The van der Waals surface area contributed by atoms with Crippen molar-refractivity contribution >= 4 is 23.4 Å². The molecule has 0 fully saturated rings. The van der Waals surface area contributed by atoms with Gasteiger partial charge >= 0.3 is 0 Å². The molecule has 0 bridgehead atoms. The van der Waals surface area contributed by atoms with E-state index in [9.17, 15) is 9.59 Å². The van der Waals surface area contributed by atoms with Crippen molar-refractivity contribution in [3.05, 3.63) is 86.8 Å². The highest BCUT2D eigenvalue weighted by Gasteiger charge is 2.22. The number of anilines is 1. The molecule has 0 radical (unpaired) electrons. The Hall–Kier alpha value is -2.86. The van der Waals surface area contributed by atoms with Crippen molar-refractivity contribution in [2.75, 3.05) is 5.32 Å². The van der Waals surface area contributed by atoms with Crippen LogP contribution >= 0.6 is 11.8 Å². The molecule has 2 aromatic carbocycles. The number of hydrogen-bond acceptors (Lipinski definition) is 4. The normalized spacial score (nSPS) is 12.6. The van der Waals surface area contributed by atoms with E-state index in [1.165, 1.54) is 16.3 Å². The second-order valence-electron chi connectivity index (χ2n) is 7.71. The highest BCUT2D eigenvalue weighted by atomic mass is 32.2. The summed E-state index contributed by atoms with van der Waals surface area (Å²) in [7, 11) is 0. The highest BCUT2D eigenvalue weighted by molar-refractivity contribution is 7.98. The molecule has 0 spiro atoms. The molecule has 0 atom stereocenters. The molecule has 0 saturated carbocycles. The van der Waals surface area contributed by atoms with Gasteiger partial charge in [-0.05, 0) is 55.9 Å². The molecule has 6 heteroatoms. The maximum atomic E-state index is 13.1. The van der Waals surface area contributed by atoms with E-state index in [4.69, 9.17) is 4.98 Å². The third-order valence-corrected chi connectivity index (χ3v) is 6.38. The van der Waals surface area contributed by atoms with E-state index in [1.54, 1.807) is 0 Å². The van der Waals surface area contributed by atoms with E-state index < -0.39 is 0 Å². The van der Waals surface area contributed by atoms with Gasteiger partial charge in [0.2, 0.25) is 5.91 Å². The fourth-order valence-corrected chi connectivity index (χ4v) is 4.65. The molecule has 154 valence electrons. The number of benzene rings is 2. The van der Waals surface area contributed by atoms with Gasteiger partial charge in [-0.1, -0.05) is 54.2 Å². The van der Waals surface area contributed by atoms with Crippen molar-refractivity contribution in [2.24, 2.45) is 0 Å². The maximum absolute atomic E-state index is 13.1. The summed E-state index contributed by atoms with van der Waals surface area (Å²) in [6, 6.07) is 16.0. The summed E-state index contributed by atoms with van der Waals surface area (Å²) in [6.07, 6.45) is 2.52. The van der Waals surface area contributed by atoms with Crippen molar-refractivity contribution in [1.82, 2.24) is 9.55 Å². The summed E-state index contributed by atoms with van der Waals surface area (Å²) in [5.41, 5.74) is 5.58. The van der Waals surface area contributed by atoms with Crippen molar-refractivity contribution in [1.29, 1.82) is 0 Å². The van der Waals surface area contributed by atoms with E-state index in [0.29, 0.717) is 10.9 Å². The number of nitrogens with zero attached hydrogens (tertiary/aromatic N) is 2. The van der Waals surface area contributed by atoms with Crippen LogP contribution in [0.5, 0.6) is 0 Å². The smallest absolute Gasteiger partial charge is 0.258 e. The van der Waals surface area contributed by atoms with Crippen LogP contribution < -0.4 is 10.9 Å². The summed E-state index contributed by atoms with van der Waals surface area (Å²) in [6.45, 7) is 3.91. The Kier molecular flexibility index (Phi) is 6.04. The van der Waals surface area contributed by atoms with Gasteiger partial charge in [0.25, 0.3) is 5.56 Å². The number of carbonyl (C=O) groups excluding carboxylic acids is 1. The zero-order chi connectivity index (χ0) is 21.1. The molecule has 30 heavy (non-hydrogen) atoms. The lowest BCUT2D eigenvalue weighted by atomic mass is 10.1. The predicted molar refractivity (Wildman–Crippen MR) is 121 cm³/mol. The summed E-state index contributed by atoms with van der Waals surface area (Å²) in [4.78, 5) is 30.7. The van der Waals surface area contributed by atoms with Crippen molar-refractivity contribution in [3.8, 4) is 0 Å². The van der Waals surface area contributed by atoms with Gasteiger partial charge in [-0.25, -0.2) is 4.98 Å². The summed E-state index contributed by atoms with van der Waals surface area (Å²) in [5.74, 6) is 0.483. The quantitative estimate of drug-likeness (QED) is 0.478. The number of aromatic nitrogens is 2. The van der Waals surface area contributed by atoms with Crippen LogP contribution in [0.2, 0.25) is 0 Å². The molecule has 1 aromatic heterocycles. The lowest BCUT2D eigenvalue weighted by molar-refractivity contribution is -0.116. The first-order chi connectivity index (χ1) is 14.5.